The number of rotatable bonds is 4. The fourth-order valence-electron chi connectivity index (χ4n) is 1.57. The molecule has 0 unspecified atom stereocenters. The van der Waals surface area contributed by atoms with Crippen molar-refractivity contribution in [3.05, 3.63) is 40.2 Å². The molecule has 96 valence electrons. The molecule has 0 aliphatic heterocycles. The van der Waals surface area contributed by atoms with E-state index in [4.69, 9.17) is 10.7 Å². The second-order valence-electron chi connectivity index (χ2n) is 4.96. The summed E-state index contributed by atoms with van der Waals surface area (Å²) >= 11 is 4.07. The molecule has 1 heterocycles. The van der Waals surface area contributed by atoms with Gasteiger partial charge < -0.3 is 5.73 Å². The molecule has 0 saturated carbocycles. The van der Waals surface area contributed by atoms with Crippen LogP contribution in [0.5, 0.6) is 0 Å². The Morgan fingerprint density at radius 1 is 1.28 bits per heavy atom. The summed E-state index contributed by atoms with van der Waals surface area (Å²) in [6, 6.07) is 8.61. The molecule has 0 amide bonds. The van der Waals surface area contributed by atoms with Crippen molar-refractivity contribution in [1.29, 1.82) is 0 Å². The Kier molecular flexibility index (Phi) is 4.40. The van der Waals surface area contributed by atoms with Crippen molar-refractivity contribution in [1.82, 2.24) is 4.98 Å². The highest BCUT2D eigenvalue weighted by molar-refractivity contribution is 14.1. The number of nitrogens with two attached hydrogens (primary N) is 1. The summed E-state index contributed by atoms with van der Waals surface area (Å²) in [5.41, 5.74) is 9.33. The van der Waals surface area contributed by atoms with Crippen LogP contribution in [-0.4, -0.2) is 11.5 Å². The van der Waals surface area contributed by atoms with Crippen LogP contribution >= 0.6 is 33.9 Å². The van der Waals surface area contributed by atoms with Crippen LogP contribution in [0.2, 0.25) is 0 Å². The Morgan fingerprint density at radius 3 is 2.50 bits per heavy atom. The van der Waals surface area contributed by atoms with Gasteiger partial charge in [0.15, 0.2) is 0 Å². The van der Waals surface area contributed by atoms with Crippen LogP contribution in [0.4, 0.5) is 0 Å². The number of hydrogen-bond donors (Lipinski definition) is 1. The summed E-state index contributed by atoms with van der Waals surface area (Å²) in [5.74, 6) is 0. The molecule has 2 N–H and O–H groups in total. The first-order valence-electron chi connectivity index (χ1n) is 5.88. The van der Waals surface area contributed by atoms with Crippen molar-refractivity contribution in [3.63, 3.8) is 0 Å². The summed E-state index contributed by atoms with van der Waals surface area (Å²) in [4.78, 5) is 4.72. The smallest absolute Gasteiger partial charge is 0.100 e. The van der Waals surface area contributed by atoms with Crippen LogP contribution in [0.15, 0.2) is 29.6 Å². The van der Waals surface area contributed by atoms with E-state index in [9.17, 15) is 0 Å². The van der Waals surface area contributed by atoms with Crippen LogP contribution in [0.3, 0.4) is 0 Å². The maximum absolute atomic E-state index is 5.79. The third kappa shape index (κ3) is 2.92. The Bertz CT molecular complexity index is 517. The molecule has 0 radical (unpaired) electrons. The number of nitrogens with zero attached hydrogens (tertiary/aromatic N) is 1. The van der Waals surface area contributed by atoms with E-state index >= 15 is 0 Å². The van der Waals surface area contributed by atoms with Crippen LogP contribution in [0.25, 0.3) is 11.3 Å². The minimum Gasteiger partial charge on any atom is -0.330 e. The minimum absolute atomic E-state index is 0.0366. The van der Waals surface area contributed by atoms with Gasteiger partial charge in [-0.15, -0.1) is 11.3 Å². The summed E-state index contributed by atoms with van der Waals surface area (Å²) < 4.78 is 1.04. The summed E-state index contributed by atoms with van der Waals surface area (Å²) in [7, 11) is 0. The fraction of sp³-hybridized carbons (Fsp3) is 0.357. The largest absolute Gasteiger partial charge is 0.330 e. The molecule has 0 spiro atoms. The van der Waals surface area contributed by atoms with Gasteiger partial charge in [-0.3, -0.25) is 0 Å². The summed E-state index contributed by atoms with van der Waals surface area (Å²) in [5, 5.41) is 3.23. The maximum atomic E-state index is 5.79. The summed E-state index contributed by atoms with van der Waals surface area (Å²) in [6.07, 6.45) is 0. The van der Waals surface area contributed by atoms with Gasteiger partial charge >= 0.3 is 0 Å². The summed E-state index contributed by atoms with van der Waals surface area (Å²) in [6.45, 7) is 4.89. The number of hydrogen-bond acceptors (Lipinski definition) is 3. The van der Waals surface area contributed by atoms with E-state index in [-0.39, 0.29) is 5.41 Å². The molecular weight excluding hydrogens is 355 g/mol. The van der Waals surface area contributed by atoms with Gasteiger partial charge in [-0.2, -0.15) is 0 Å². The van der Waals surface area contributed by atoms with E-state index in [0.717, 1.165) is 15.1 Å². The van der Waals surface area contributed by atoms with Gasteiger partial charge in [-0.25, -0.2) is 4.98 Å². The van der Waals surface area contributed by atoms with Gasteiger partial charge in [0, 0.05) is 27.3 Å². The predicted molar refractivity (Wildman–Crippen MR) is 87.4 cm³/mol. The molecule has 2 nitrogen and oxygen atoms in total. The number of alkyl halides is 1. The molecular formula is C14H17IN2S. The van der Waals surface area contributed by atoms with Gasteiger partial charge in [-0.05, 0) is 5.56 Å². The molecule has 0 aliphatic rings. The highest BCUT2D eigenvalue weighted by atomic mass is 127. The van der Waals surface area contributed by atoms with Crippen molar-refractivity contribution >= 4 is 33.9 Å². The van der Waals surface area contributed by atoms with Crippen LogP contribution < -0.4 is 5.73 Å². The Hall–Kier alpha value is -0.460. The lowest BCUT2D eigenvalue weighted by Crippen LogP contribution is -2.27. The molecule has 4 heteroatoms. The number of benzene rings is 1. The van der Waals surface area contributed by atoms with Crippen molar-refractivity contribution in [2.75, 3.05) is 6.54 Å². The zero-order chi connectivity index (χ0) is 13.2. The molecule has 0 fully saturated rings. The van der Waals surface area contributed by atoms with E-state index < -0.39 is 0 Å². The molecule has 1 aromatic carbocycles. The van der Waals surface area contributed by atoms with Gasteiger partial charge in [-0.1, -0.05) is 60.7 Å². The molecule has 1 aromatic heterocycles. The second-order valence-corrected chi connectivity index (χ2v) is 6.58. The topological polar surface area (TPSA) is 38.9 Å². The average Bonchev–Trinajstić information content (AvgIpc) is 2.89. The first-order valence-corrected chi connectivity index (χ1v) is 8.28. The zero-order valence-corrected chi connectivity index (χ0v) is 13.6. The predicted octanol–water partition coefficient (Wildman–Crippen LogP) is 3.98. The molecule has 18 heavy (non-hydrogen) atoms. The highest BCUT2D eigenvalue weighted by Gasteiger charge is 2.22. The van der Waals surface area contributed by atoms with Crippen molar-refractivity contribution in [3.8, 4) is 11.3 Å². The molecule has 2 rings (SSSR count). The lowest BCUT2D eigenvalue weighted by atomic mass is 9.95. The lowest BCUT2D eigenvalue weighted by Gasteiger charge is -2.18. The van der Waals surface area contributed by atoms with E-state index in [1.165, 1.54) is 11.1 Å². The third-order valence-corrected chi connectivity index (χ3v) is 5.09. The second kappa shape index (κ2) is 5.67. The van der Waals surface area contributed by atoms with Crippen molar-refractivity contribution in [2.45, 2.75) is 23.7 Å². The molecule has 0 bridgehead atoms. The van der Waals surface area contributed by atoms with Crippen molar-refractivity contribution < 1.29 is 0 Å². The quantitative estimate of drug-likeness (QED) is 0.651. The Balaban J connectivity index is 2.29. The average molecular weight is 372 g/mol. The molecule has 0 aliphatic carbocycles. The zero-order valence-electron chi connectivity index (χ0n) is 10.6. The molecule has 0 saturated heterocycles. The third-order valence-electron chi connectivity index (χ3n) is 3.00. The normalized spacial score (nSPS) is 11.8. The molecule has 0 atom stereocenters. The van der Waals surface area contributed by atoms with E-state index in [0.29, 0.717) is 6.54 Å². The van der Waals surface area contributed by atoms with E-state index in [2.05, 4.69) is 66.1 Å². The van der Waals surface area contributed by atoms with Gasteiger partial charge in [0.1, 0.15) is 5.01 Å². The highest BCUT2D eigenvalue weighted by Crippen LogP contribution is 2.29. The first-order chi connectivity index (χ1) is 8.56. The van der Waals surface area contributed by atoms with E-state index in [1.807, 2.05) is 0 Å². The monoisotopic (exact) mass is 372 g/mol. The fourth-order valence-corrected chi connectivity index (χ4v) is 3.04. The standard InChI is InChI=1S/C14H17IN2S/c1-14(2,9-16)13-17-12(8-18-13)11-5-3-10(7-15)4-6-11/h3-6,8H,7,9,16H2,1-2H3. The molecule has 2 aromatic rings. The van der Waals surface area contributed by atoms with Gasteiger partial charge in [0.05, 0.1) is 5.69 Å². The Morgan fingerprint density at radius 2 is 1.94 bits per heavy atom. The number of halogens is 1. The Labute approximate surface area is 126 Å². The van der Waals surface area contributed by atoms with Gasteiger partial charge in [0.2, 0.25) is 0 Å². The van der Waals surface area contributed by atoms with Crippen LogP contribution in [-0.2, 0) is 9.84 Å². The number of thiazole rings is 1. The lowest BCUT2D eigenvalue weighted by molar-refractivity contribution is 0.536. The first kappa shape index (κ1) is 14.0. The van der Waals surface area contributed by atoms with Gasteiger partial charge in [0.25, 0.3) is 0 Å². The number of aromatic nitrogens is 1. The van der Waals surface area contributed by atoms with Crippen LogP contribution in [0, 0.1) is 0 Å². The van der Waals surface area contributed by atoms with Crippen molar-refractivity contribution in [2.24, 2.45) is 5.73 Å². The van der Waals surface area contributed by atoms with E-state index in [1.54, 1.807) is 11.3 Å². The maximum Gasteiger partial charge on any atom is 0.100 e. The minimum atomic E-state index is -0.0366. The SMILES string of the molecule is CC(C)(CN)c1nc(-c2ccc(CI)cc2)cs1. The van der Waals surface area contributed by atoms with Crippen LogP contribution in [0.1, 0.15) is 24.4 Å².